The summed E-state index contributed by atoms with van der Waals surface area (Å²) in [7, 11) is 0. The van der Waals surface area contributed by atoms with E-state index in [1.54, 1.807) is 6.07 Å². The van der Waals surface area contributed by atoms with Gasteiger partial charge in [-0.15, -0.1) is 0 Å². The van der Waals surface area contributed by atoms with Gasteiger partial charge < -0.3 is 14.2 Å². The Morgan fingerprint density at radius 3 is 2.55 bits per heavy atom. The number of halogens is 1. The molecular formula is C32H33FN4O. The van der Waals surface area contributed by atoms with Crippen molar-refractivity contribution in [1.82, 2.24) is 14.3 Å². The van der Waals surface area contributed by atoms with Gasteiger partial charge in [0.2, 0.25) is 0 Å². The van der Waals surface area contributed by atoms with E-state index in [1.807, 2.05) is 46.7 Å². The quantitative estimate of drug-likeness (QED) is 0.309. The van der Waals surface area contributed by atoms with E-state index < -0.39 is 0 Å². The maximum absolute atomic E-state index is 15.4. The number of fused-ring (bicyclic) bond motifs is 2. The Bertz CT molecular complexity index is 1560. The van der Waals surface area contributed by atoms with Gasteiger partial charge in [0.15, 0.2) is 0 Å². The number of carbonyl (C=O) groups is 1. The molecule has 0 spiro atoms. The molecule has 2 aromatic heterocycles. The van der Waals surface area contributed by atoms with Crippen LogP contribution in [-0.2, 0) is 6.42 Å². The lowest BCUT2D eigenvalue weighted by molar-refractivity contribution is 0.0677. The zero-order valence-corrected chi connectivity index (χ0v) is 22.1. The van der Waals surface area contributed by atoms with Crippen LogP contribution in [0, 0.1) is 12.7 Å². The Balaban J connectivity index is 1.28. The van der Waals surface area contributed by atoms with Gasteiger partial charge in [-0.1, -0.05) is 24.3 Å². The summed E-state index contributed by atoms with van der Waals surface area (Å²) in [5.41, 5.74) is 8.15. The number of rotatable bonds is 4. The number of anilines is 1. The summed E-state index contributed by atoms with van der Waals surface area (Å²) in [5.74, 6) is 0.208. The summed E-state index contributed by atoms with van der Waals surface area (Å²) in [4.78, 5) is 23.1. The molecule has 0 radical (unpaired) electrons. The smallest absolute Gasteiger partial charge is 0.255 e. The molecule has 1 saturated heterocycles. The lowest BCUT2D eigenvalue weighted by Gasteiger charge is -2.35. The molecule has 1 atom stereocenters. The number of pyridine rings is 1. The van der Waals surface area contributed by atoms with E-state index in [1.165, 1.54) is 11.1 Å². The number of imidazole rings is 1. The molecule has 4 aromatic rings. The molecule has 0 bridgehead atoms. The number of carbonyl (C=O) groups excluding carboxylic acids is 1. The highest BCUT2D eigenvalue weighted by molar-refractivity contribution is 5.95. The van der Waals surface area contributed by atoms with Crippen LogP contribution in [0.3, 0.4) is 0 Å². The minimum atomic E-state index is -0.244. The van der Waals surface area contributed by atoms with Crippen molar-refractivity contribution >= 4 is 17.2 Å². The Kier molecular flexibility index (Phi) is 5.53. The summed E-state index contributed by atoms with van der Waals surface area (Å²) >= 11 is 0. The fourth-order valence-corrected chi connectivity index (χ4v) is 6.43. The fraction of sp³-hybridized carbons (Fsp3) is 0.375. The van der Waals surface area contributed by atoms with E-state index in [9.17, 15) is 4.79 Å². The zero-order chi connectivity index (χ0) is 26.0. The molecule has 7 rings (SSSR count). The third kappa shape index (κ3) is 3.80. The number of amides is 1. The third-order valence-corrected chi connectivity index (χ3v) is 8.79. The second kappa shape index (κ2) is 8.97. The van der Waals surface area contributed by atoms with Crippen molar-refractivity contribution in [3.63, 3.8) is 0 Å². The second-order valence-electron chi connectivity index (χ2n) is 11.2. The van der Waals surface area contributed by atoms with Gasteiger partial charge in [-0.05, 0) is 92.8 Å². The van der Waals surface area contributed by atoms with Crippen LogP contribution in [0.5, 0.6) is 0 Å². The molecule has 6 heteroatoms. The first kappa shape index (κ1) is 23.4. The van der Waals surface area contributed by atoms with E-state index in [2.05, 4.69) is 30.0 Å². The van der Waals surface area contributed by atoms with Gasteiger partial charge in [0, 0.05) is 42.8 Å². The molecule has 4 heterocycles. The summed E-state index contributed by atoms with van der Waals surface area (Å²) in [6.45, 7) is 6.76. The van der Waals surface area contributed by atoms with Crippen molar-refractivity contribution in [2.24, 2.45) is 0 Å². The Morgan fingerprint density at radius 1 is 1.00 bits per heavy atom. The van der Waals surface area contributed by atoms with Crippen molar-refractivity contribution in [3.8, 4) is 11.3 Å². The Hall–Kier alpha value is -3.67. The molecular weight excluding hydrogens is 475 g/mol. The van der Waals surface area contributed by atoms with Gasteiger partial charge in [-0.25, -0.2) is 9.37 Å². The third-order valence-electron chi connectivity index (χ3n) is 8.79. The van der Waals surface area contributed by atoms with Crippen LogP contribution in [0.15, 0.2) is 54.7 Å². The van der Waals surface area contributed by atoms with Crippen molar-refractivity contribution in [2.75, 3.05) is 24.5 Å². The average molecular weight is 509 g/mol. The molecule has 0 unspecified atom stereocenters. The van der Waals surface area contributed by atoms with Crippen molar-refractivity contribution in [3.05, 3.63) is 88.5 Å². The normalized spacial score (nSPS) is 19.3. The molecule has 194 valence electrons. The average Bonchev–Trinajstić information content (AvgIpc) is 3.53. The summed E-state index contributed by atoms with van der Waals surface area (Å²) in [6.07, 6.45) is 7.29. The molecule has 2 aliphatic heterocycles. The number of hydrogen-bond donors (Lipinski definition) is 0. The van der Waals surface area contributed by atoms with Crippen LogP contribution < -0.4 is 4.90 Å². The first-order valence-electron chi connectivity index (χ1n) is 14.0. The van der Waals surface area contributed by atoms with E-state index in [4.69, 9.17) is 4.98 Å². The van der Waals surface area contributed by atoms with Gasteiger partial charge in [-0.2, -0.15) is 0 Å². The van der Waals surface area contributed by atoms with E-state index in [0.29, 0.717) is 29.3 Å². The second-order valence-corrected chi connectivity index (χ2v) is 11.2. The van der Waals surface area contributed by atoms with Crippen LogP contribution in [0.2, 0.25) is 0 Å². The zero-order valence-electron chi connectivity index (χ0n) is 22.1. The van der Waals surface area contributed by atoms with Gasteiger partial charge >= 0.3 is 0 Å². The van der Waals surface area contributed by atoms with E-state index in [-0.39, 0.29) is 17.8 Å². The largest absolute Gasteiger partial charge is 0.371 e. The van der Waals surface area contributed by atoms with Gasteiger partial charge in [0.1, 0.15) is 11.5 Å². The van der Waals surface area contributed by atoms with Gasteiger partial charge in [0.05, 0.1) is 17.3 Å². The maximum atomic E-state index is 15.4. The number of nitrogens with zero attached hydrogens (tertiary/aromatic N) is 4. The van der Waals surface area contributed by atoms with Crippen LogP contribution in [-0.4, -0.2) is 39.8 Å². The highest BCUT2D eigenvalue weighted by atomic mass is 19.1. The summed E-state index contributed by atoms with van der Waals surface area (Å²) in [6, 6.07) is 16.0. The molecule has 5 nitrogen and oxygen atoms in total. The Morgan fingerprint density at radius 2 is 1.79 bits per heavy atom. The van der Waals surface area contributed by atoms with Gasteiger partial charge in [-0.3, -0.25) is 4.79 Å². The minimum absolute atomic E-state index is 0.0233. The molecule has 0 N–H and O–H groups in total. The molecule has 38 heavy (non-hydrogen) atoms. The Labute approximate surface area is 222 Å². The topological polar surface area (TPSA) is 40.9 Å². The van der Waals surface area contributed by atoms with Crippen LogP contribution in [0.4, 0.5) is 10.1 Å². The van der Waals surface area contributed by atoms with Crippen LogP contribution in [0.25, 0.3) is 16.9 Å². The lowest BCUT2D eigenvalue weighted by Crippen LogP contribution is -2.39. The van der Waals surface area contributed by atoms with Crippen molar-refractivity contribution < 1.29 is 9.18 Å². The maximum Gasteiger partial charge on any atom is 0.255 e. The van der Waals surface area contributed by atoms with Crippen molar-refractivity contribution in [1.29, 1.82) is 0 Å². The number of benzene rings is 2. The molecule has 1 aliphatic carbocycles. The number of aromatic nitrogens is 2. The minimum Gasteiger partial charge on any atom is -0.371 e. The predicted octanol–water partition coefficient (Wildman–Crippen LogP) is 6.69. The number of aryl methyl sites for hydroxylation is 1. The SMILES string of the molecule is Cc1c(-c2ccc(N3CCCC3)cc2F)nc2c(C3CC3)cc(C(=O)N3CCc4ccccc4[C@H]3C)cn12. The highest BCUT2D eigenvalue weighted by Gasteiger charge is 2.32. The molecule has 2 fully saturated rings. The van der Waals surface area contributed by atoms with Crippen LogP contribution in [0.1, 0.15) is 77.3 Å². The highest BCUT2D eigenvalue weighted by Crippen LogP contribution is 2.43. The molecule has 1 saturated carbocycles. The first-order valence-corrected chi connectivity index (χ1v) is 14.0. The fourth-order valence-electron chi connectivity index (χ4n) is 6.43. The summed E-state index contributed by atoms with van der Waals surface area (Å²) < 4.78 is 17.5. The molecule has 2 aromatic carbocycles. The summed E-state index contributed by atoms with van der Waals surface area (Å²) in [5, 5.41) is 0. The lowest BCUT2D eigenvalue weighted by atomic mass is 9.93. The number of hydrogen-bond acceptors (Lipinski definition) is 3. The van der Waals surface area contributed by atoms with E-state index in [0.717, 1.165) is 67.8 Å². The van der Waals surface area contributed by atoms with E-state index >= 15 is 4.39 Å². The molecule has 3 aliphatic rings. The molecule has 1 amide bonds. The first-order chi connectivity index (χ1) is 18.5. The standard InChI is InChI=1S/C32H33FN4O/c1-20-26-8-4-3-7-22(26)13-16-36(20)32(38)24-17-28(23-9-10-23)31-34-30(21(2)37(31)19-24)27-12-11-25(18-29(27)33)35-14-5-6-15-35/h3-4,7-8,11-12,17-20,23H,5-6,9-10,13-16H2,1-2H3/t20-/m1/s1. The predicted molar refractivity (Wildman–Crippen MR) is 148 cm³/mol. The van der Waals surface area contributed by atoms with Gasteiger partial charge in [0.25, 0.3) is 5.91 Å². The van der Waals surface area contributed by atoms with Crippen LogP contribution >= 0.6 is 0 Å². The van der Waals surface area contributed by atoms with Crippen molar-refractivity contribution in [2.45, 2.75) is 57.9 Å². The monoisotopic (exact) mass is 508 g/mol.